The fraction of sp³-hybridized carbons (Fsp3) is 0.571. The monoisotopic (exact) mass is 388 g/mol. The second-order valence-corrected chi connectivity index (χ2v) is 3.84. The molecule has 0 aromatic rings. The molecule has 0 aromatic heterocycles. The first kappa shape index (κ1) is 19.1. The zero-order chi connectivity index (χ0) is 16.7. The maximum Gasteiger partial charge on any atom is 0.460 e. The number of carbonyl (C=O) groups excluding carboxylic acids is 1. The van der Waals surface area contributed by atoms with Crippen molar-refractivity contribution in [2.24, 2.45) is 0 Å². The molecule has 0 fully saturated rings. The molecule has 0 aliphatic heterocycles. The highest BCUT2D eigenvalue weighted by Crippen LogP contribution is 2.55. The third-order valence-electron chi connectivity index (χ3n) is 1.79. The van der Waals surface area contributed by atoms with E-state index in [4.69, 9.17) is 0 Å². The van der Waals surface area contributed by atoms with Crippen LogP contribution in [0.15, 0.2) is 11.7 Å². The van der Waals surface area contributed by atoms with Crippen molar-refractivity contribution in [3.05, 3.63) is 11.7 Å². The second-order valence-electron chi connectivity index (χ2n) is 3.12. The molecule has 0 aromatic carbocycles. The van der Waals surface area contributed by atoms with Crippen molar-refractivity contribution in [1.29, 1.82) is 0 Å². The molecule has 0 spiro atoms. The second kappa shape index (κ2) is 5.15. The Morgan fingerprint density at radius 2 is 1.10 bits per heavy atom. The molecule has 0 radical (unpaired) electrons. The molecule has 0 saturated carbocycles. The number of allylic oxidation sites excluding steroid dienone is 2. The number of alkyl halides is 9. The quantitative estimate of drug-likeness (QED) is 0.393. The van der Waals surface area contributed by atoms with E-state index in [-0.39, 0.29) is 0 Å². The van der Waals surface area contributed by atoms with E-state index in [1.54, 1.807) is 0 Å². The maximum atomic E-state index is 12.7. The lowest BCUT2D eigenvalue weighted by molar-refractivity contribution is -0.391. The average molecular weight is 389 g/mol. The van der Waals surface area contributed by atoms with E-state index in [1.165, 1.54) is 15.9 Å². The minimum Gasteiger partial charge on any atom is -0.278 e. The molecule has 0 bridgehead atoms. The first-order valence-electron chi connectivity index (χ1n) is 3.97. The van der Waals surface area contributed by atoms with Gasteiger partial charge < -0.3 is 0 Å². The molecule has 0 rings (SSSR count). The Morgan fingerprint density at radius 3 is 1.35 bits per heavy atom. The van der Waals surface area contributed by atoms with Crippen LogP contribution < -0.4 is 0 Å². The summed E-state index contributed by atoms with van der Waals surface area (Å²) in [5.74, 6) is -29.0. The van der Waals surface area contributed by atoms with E-state index < -0.39 is 40.3 Å². The molecule has 0 unspecified atom stereocenters. The van der Waals surface area contributed by atoms with Crippen molar-refractivity contribution >= 4 is 20.6 Å². The van der Waals surface area contributed by atoms with Crippen molar-refractivity contribution in [3.8, 4) is 0 Å². The van der Waals surface area contributed by atoms with Crippen molar-refractivity contribution in [1.82, 2.24) is 0 Å². The highest BCUT2D eigenvalue weighted by molar-refractivity contribution is 9.18. The molecule has 0 atom stereocenters. The van der Waals surface area contributed by atoms with E-state index in [9.17, 15) is 53.1 Å². The van der Waals surface area contributed by atoms with Gasteiger partial charge in [-0.25, -0.2) is 4.39 Å². The molecule has 0 saturated heterocycles. The van der Waals surface area contributed by atoms with Crippen LogP contribution in [0, 0.1) is 0 Å². The van der Waals surface area contributed by atoms with Gasteiger partial charge in [0.05, 0.1) is 0 Å². The van der Waals surface area contributed by atoms with Crippen LogP contribution in [0.25, 0.3) is 0 Å². The normalized spacial score (nSPS) is 16.0. The first-order valence-corrected chi connectivity index (χ1v) is 4.76. The van der Waals surface area contributed by atoms with Crippen LogP contribution >= 0.6 is 15.9 Å². The summed E-state index contributed by atoms with van der Waals surface area (Å²) in [5, 5.41) is 0. The Balaban J connectivity index is 6.08. The molecule has 13 heteroatoms. The van der Waals surface area contributed by atoms with E-state index in [0.29, 0.717) is 0 Å². The summed E-state index contributed by atoms with van der Waals surface area (Å²) < 4.78 is 132. The largest absolute Gasteiger partial charge is 0.460 e. The Hall–Kier alpha value is -0.880. The van der Waals surface area contributed by atoms with Gasteiger partial charge in [0.2, 0.25) is 11.7 Å². The van der Waals surface area contributed by atoms with Crippen LogP contribution in [0.4, 0.5) is 48.3 Å². The van der Waals surface area contributed by atoms with Crippen LogP contribution in [-0.4, -0.2) is 28.6 Å². The van der Waals surface area contributed by atoms with Gasteiger partial charge in [0.25, 0.3) is 4.69 Å². The summed E-state index contributed by atoms with van der Waals surface area (Å²) >= 11 is 1.49. The Labute approximate surface area is 110 Å². The first-order chi connectivity index (χ1) is 8.51. The standard InChI is InChI=1S/C7BrF11O/c8-3(20)1(9)2(10)4(11,12)5(13,14)6(15,16)7(17,18)19. The Morgan fingerprint density at radius 1 is 0.750 bits per heavy atom. The van der Waals surface area contributed by atoms with Crippen LogP contribution in [0.5, 0.6) is 0 Å². The van der Waals surface area contributed by atoms with Crippen LogP contribution in [0.2, 0.25) is 0 Å². The molecular weight excluding hydrogens is 389 g/mol. The zero-order valence-corrected chi connectivity index (χ0v) is 10.0. The topological polar surface area (TPSA) is 17.1 Å². The number of halogens is 12. The van der Waals surface area contributed by atoms with Gasteiger partial charge >= 0.3 is 23.9 Å². The van der Waals surface area contributed by atoms with Gasteiger partial charge in [0, 0.05) is 15.9 Å². The van der Waals surface area contributed by atoms with Gasteiger partial charge in [-0.05, 0) is 0 Å². The summed E-state index contributed by atoms with van der Waals surface area (Å²) in [4.78, 5) is 10.1. The number of rotatable bonds is 4. The van der Waals surface area contributed by atoms with Gasteiger partial charge in [0.1, 0.15) is 0 Å². The molecule has 0 heterocycles. The van der Waals surface area contributed by atoms with E-state index >= 15 is 0 Å². The van der Waals surface area contributed by atoms with Gasteiger partial charge in [-0.3, -0.25) is 4.79 Å². The smallest absolute Gasteiger partial charge is 0.278 e. The van der Waals surface area contributed by atoms with E-state index in [0.717, 1.165) is 0 Å². The fourth-order valence-electron chi connectivity index (χ4n) is 0.737. The van der Waals surface area contributed by atoms with Crippen molar-refractivity contribution in [3.63, 3.8) is 0 Å². The van der Waals surface area contributed by atoms with Crippen molar-refractivity contribution in [2.75, 3.05) is 0 Å². The molecule has 0 aliphatic carbocycles. The number of hydrogen-bond acceptors (Lipinski definition) is 1. The van der Waals surface area contributed by atoms with Crippen LogP contribution in [0.1, 0.15) is 0 Å². The SMILES string of the molecule is O=C(Br)C(F)=C(F)C(F)(F)C(F)(F)C(F)(F)C(F)(F)F. The van der Waals surface area contributed by atoms with Crippen molar-refractivity contribution in [2.45, 2.75) is 23.9 Å². The highest BCUT2D eigenvalue weighted by atomic mass is 79.9. The number of carbonyl (C=O) groups is 1. The summed E-state index contributed by atoms with van der Waals surface area (Å²) in [6.07, 6.45) is -7.17. The minimum absolute atomic E-state index is 1.49. The van der Waals surface area contributed by atoms with Crippen molar-refractivity contribution < 1.29 is 53.1 Å². The molecular formula is C7BrF11O. The lowest BCUT2D eigenvalue weighted by Crippen LogP contribution is -2.61. The summed E-state index contributed by atoms with van der Waals surface area (Å²) in [7, 11) is 0. The van der Waals surface area contributed by atoms with Gasteiger partial charge in [-0.2, -0.15) is 43.9 Å². The Kier molecular flexibility index (Phi) is 4.92. The van der Waals surface area contributed by atoms with Crippen LogP contribution in [0.3, 0.4) is 0 Å². The van der Waals surface area contributed by atoms with E-state index in [1.807, 2.05) is 0 Å². The fourth-order valence-corrected chi connectivity index (χ4v) is 0.911. The summed E-state index contributed by atoms with van der Waals surface area (Å²) in [6, 6.07) is 0. The molecule has 0 aliphatic rings. The predicted octanol–water partition coefficient (Wildman–Crippen LogP) is 4.53. The van der Waals surface area contributed by atoms with Gasteiger partial charge in [0.15, 0.2) is 0 Å². The third-order valence-corrected chi connectivity index (χ3v) is 2.13. The van der Waals surface area contributed by atoms with Gasteiger partial charge in [-0.1, -0.05) is 0 Å². The lowest BCUT2D eigenvalue weighted by Gasteiger charge is -2.32. The predicted molar refractivity (Wildman–Crippen MR) is 44.1 cm³/mol. The van der Waals surface area contributed by atoms with Gasteiger partial charge in [-0.15, -0.1) is 0 Å². The number of hydrogen-bond donors (Lipinski definition) is 0. The summed E-state index contributed by atoms with van der Waals surface area (Å²) in [5.41, 5.74) is 0. The lowest BCUT2D eigenvalue weighted by atomic mass is 10.0. The Bertz CT molecular complexity index is 435. The molecule has 0 amide bonds. The molecule has 1 nitrogen and oxygen atoms in total. The summed E-state index contributed by atoms with van der Waals surface area (Å²) in [6.45, 7) is 0. The molecule has 118 valence electrons. The molecule has 20 heavy (non-hydrogen) atoms. The third kappa shape index (κ3) is 2.76. The highest BCUT2D eigenvalue weighted by Gasteiger charge is 2.83. The average Bonchev–Trinajstić information content (AvgIpc) is 2.24. The zero-order valence-electron chi connectivity index (χ0n) is 8.44. The minimum atomic E-state index is -7.38. The van der Waals surface area contributed by atoms with E-state index in [2.05, 4.69) is 0 Å². The molecule has 0 N–H and O–H groups in total. The maximum absolute atomic E-state index is 12.7. The van der Waals surface area contributed by atoms with Crippen LogP contribution in [-0.2, 0) is 4.79 Å².